The Morgan fingerprint density at radius 1 is 0.939 bits per heavy atom. The van der Waals surface area contributed by atoms with Crippen LogP contribution in [0.1, 0.15) is 27.3 Å². The number of fused-ring (bicyclic) bond motifs is 1. The van der Waals surface area contributed by atoms with E-state index >= 15 is 0 Å². The lowest BCUT2D eigenvalue weighted by molar-refractivity contribution is -0.148. The zero-order valence-corrected chi connectivity index (χ0v) is 16.3. The van der Waals surface area contributed by atoms with Crippen LogP contribution >= 0.6 is 12.2 Å². The summed E-state index contributed by atoms with van der Waals surface area (Å²) in [5.74, 6) is -1.30. The number of hydrogen-bond acceptors (Lipinski definition) is 4. The molecular formula is C17H8F9N5OS. The Morgan fingerprint density at radius 2 is 1.61 bits per heavy atom. The van der Waals surface area contributed by atoms with Crippen molar-refractivity contribution in [3.05, 3.63) is 59.0 Å². The van der Waals surface area contributed by atoms with E-state index in [0.29, 0.717) is 12.3 Å². The maximum Gasteiger partial charge on any atom is 0.433 e. The Balaban J connectivity index is 1.91. The number of rotatable bonds is 2. The van der Waals surface area contributed by atoms with Gasteiger partial charge in [0.05, 0.1) is 11.8 Å². The molecule has 0 saturated carbocycles. The van der Waals surface area contributed by atoms with Gasteiger partial charge in [0, 0.05) is 5.69 Å². The monoisotopic (exact) mass is 501 g/mol. The van der Waals surface area contributed by atoms with Crippen molar-refractivity contribution in [3.8, 4) is 0 Å². The molecule has 0 unspecified atom stereocenters. The van der Waals surface area contributed by atoms with Crippen LogP contribution in [0.25, 0.3) is 5.65 Å². The minimum Gasteiger partial charge on any atom is -0.332 e. The summed E-state index contributed by atoms with van der Waals surface area (Å²) in [7, 11) is 0. The van der Waals surface area contributed by atoms with Crippen LogP contribution in [0.3, 0.4) is 0 Å². The first-order valence-corrected chi connectivity index (χ1v) is 8.81. The van der Waals surface area contributed by atoms with Crippen molar-refractivity contribution < 1.29 is 44.3 Å². The van der Waals surface area contributed by atoms with Gasteiger partial charge in [-0.05, 0) is 36.5 Å². The molecule has 1 amide bonds. The summed E-state index contributed by atoms with van der Waals surface area (Å²) >= 11 is 4.78. The molecular weight excluding hydrogens is 493 g/mol. The van der Waals surface area contributed by atoms with E-state index in [1.807, 2.05) is 5.32 Å². The molecule has 176 valence electrons. The number of hydrogen-bond donors (Lipinski definition) is 2. The maximum absolute atomic E-state index is 13.2. The second-order valence-electron chi connectivity index (χ2n) is 6.30. The van der Waals surface area contributed by atoms with Crippen molar-refractivity contribution in [2.75, 3.05) is 5.32 Å². The summed E-state index contributed by atoms with van der Waals surface area (Å²) in [6.45, 7) is 0. The molecule has 6 nitrogen and oxygen atoms in total. The normalized spacial score (nSPS) is 12.6. The van der Waals surface area contributed by atoms with Gasteiger partial charge < -0.3 is 5.32 Å². The lowest BCUT2D eigenvalue weighted by Crippen LogP contribution is -2.34. The first-order chi connectivity index (χ1) is 15.1. The minimum absolute atomic E-state index is 0.00737. The van der Waals surface area contributed by atoms with E-state index < -0.39 is 57.7 Å². The molecule has 2 heterocycles. The van der Waals surface area contributed by atoms with Crippen LogP contribution in [0.15, 0.2) is 36.5 Å². The van der Waals surface area contributed by atoms with Crippen LogP contribution in [0.2, 0.25) is 0 Å². The third-order valence-corrected chi connectivity index (χ3v) is 4.18. The first kappa shape index (κ1) is 24.2. The molecule has 16 heteroatoms. The smallest absolute Gasteiger partial charge is 0.332 e. The molecule has 0 fully saturated rings. The second kappa shape index (κ2) is 8.17. The Hall–Kier alpha value is -3.43. The van der Waals surface area contributed by atoms with E-state index in [9.17, 15) is 44.3 Å². The van der Waals surface area contributed by atoms with Gasteiger partial charge in [-0.15, -0.1) is 0 Å². The van der Waals surface area contributed by atoms with Gasteiger partial charge in [-0.1, -0.05) is 6.07 Å². The van der Waals surface area contributed by atoms with Crippen LogP contribution in [0.4, 0.5) is 45.2 Å². The highest BCUT2D eigenvalue weighted by molar-refractivity contribution is 7.80. The summed E-state index contributed by atoms with van der Waals surface area (Å²) in [6.07, 6.45) is -14.7. The number of carbonyl (C=O) groups excluding carboxylic acids is 1. The number of halogens is 9. The SMILES string of the molecule is O=C(NC(=S)Nc1cccc(C(F)(F)F)c1)c1cnn2c(C(F)(F)F)cc(C(F)(F)F)nc12. The highest BCUT2D eigenvalue weighted by atomic mass is 32.1. The van der Waals surface area contributed by atoms with Gasteiger partial charge in [0.25, 0.3) is 5.91 Å². The Bertz CT molecular complexity index is 1230. The molecule has 0 aliphatic rings. The summed E-state index contributed by atoms with van der Waals surface area (Å²) in [5, 5.41) is 6.90. The number of alkyl halides is 9. The quantitative estimate of drug-likeness (QED) is 0.386. The van der Waals surface area contributed by atoms with Gasteiger partial charge in [-0.3, -0.25) is 10.1 Å². The van der Waals surface area contributed by atoms with Crippen LogP contribution in [0.5, 0.6) is 0 Å². The third-order valence-electron chi connectivity index (χ3n) is 3.97. The van der Waals surface area contributed by atoms with Crippen LogP contribution in [-0.4, -0.2) is 25.6 Å². The van der Waals surface area contributed by atoms with Crippen molar-refractivity contribution in [1.29, 1.82) is 0 Å². The van der Waals surface area contributed by atoms with Crippen LogP contribution in [0, 0.1) is 0 Å². The molecule has 2 N–H and O–H groups in total. The number of anilines is 1. The average Bonchev–Trinajstić information content (AvgIpc) is 3.09. The summed E-state index contributed by atoms with van der Waals surface area (Å²) in [5.41, 5.74) is -6.82. The number of nitrogens with one attached hydrogen (secondary N) is 2. The largest absolute Gasteiger partial charge is 0.433 e. The molecule has 0 aliphatic carbocycles. The fourth-order valence-electron chi connectivity index (χ4n) is 2.58. The number of nitrogens with zero attached hydrogens (tertiary/aromatic N) is 3. The highest BCUT2D eigenvalue weighted by Crippen LogP contribution is 2.35. The number of aromatic nitrogens is 3. The molecule has 3 aromatic rings. The zero-order chi connectivity index (χ0) is 24.8. The van der Waals surface area contributed by atoms with Crippen molar-refractivity contribution in [3.63, 3.8) is 0 Å². The number of amides is 1. The number of thiocarbonyl (C=S) groups is 1. The maximum atomic E-state index is 13.2. The van der Waals surface area contributed by atoms with Gasteiger partial charge >= 0.3 is 18.5 Å². The van der Waals surface area contributed by atoms with Crippen molar-refractivity contribution in [1.82, 2.24) is 19.9 Å². The molecule has 0 spiro atoms. The lowest BCUT2D eigenvalue weighted by atomic mass is 10.2. The van der Waals surface area contributed by atoms with Crippen LogP contribution < -0.4 is 10.6 Å². The summed E-state index contributed by atoms with van der Waals surface area (Å²) < 4.78 is 117. The molecule has 0 bridgehead atoms. The molecule has 0 atom stereocenters. The lowest BCUT2D eigenvalue weighted by Gasteiger charge is -2.13. The van der Waals surface area contributed by atoms with E-state index in [1.165, 1.54) is 6.07 Å². The number of benzene rings is 1. The minimum atomic E-state index is -5.26. The topological polar surface area (TPSA) is 71.3 Å². The standard InChI is InChI=1S/C17H8F9N5OS/c18-15(19,20)7-2-1-3-8(4-7)28-14(33)30-13(32)9-6-27-31-11(17(24,25)26)5-10(16(21,22)23)29-12(9)31/h1-6H,(H2,28,30,32,33). The predicted molar refractivity (Wildman–Crippen MR) is 98.1 cm³/mol. The van der Waals surface area contributed by atoms with Crippen molar-refractivity contribution >= 4 is 34.6 Å². The second-order valence-corrected chi connectivity index (χ2v) is 6.71. The van der Waals surface area contributed by atoms with Gasteiger partial charge in [-0.2, -0.15) is 44.6 Å². The average molecular weight is 501 g/mol. The Morgan fingerprint density at radius 3 is 2.18 bits per heavy atom. The first-order valence-electron chi connectivity index (χ1n) is 8.40. The van der Waals surface area contributed by atoms with Gasteiger partial charge in [0.2, 0.25) is 0 Å². The summed E-state index contributed by atoms with van der Waals surface area (Å²) in [4.78, 5) is 15.5. The molecule has 0 aliphatic heterocycles. The van der Waals surface area contributed by atoms with E-state index in [1.54, 1.807) is 0 Å². The van der Waals surface area contributed by atoms with Crippen molar-refractivity contribution in [2.24, 2.45) is 0 Å². The van der Waals surface area contributed by atoms with E-state index in [2.05, 4.69) is 15.4 Å². The fourth-order valence-corrected chi connectivity index (χ4v) is 2.79. The number of carbonyl (C=O) groups is 1. The van der Waals surface area contributed by atoms with E-state index in [0.717, 1.165) is 12.1 Å². The highest BCUT2D eigenvalue weighted by Gasteiger charge is 2.41. The summed E-state index contributed by atoms with van der Waals surface area (Å²) in [6, 6.07) is 3.40. The van der Waals surface area contributed by atoms with Crippen molar-refractivity contribution in [2.45, 2.75) is 18.5 Å². The van der Waals surface area contributed by atoms with Gasteiger partial charge in [0.15, 0.2) is 16.5 Å². The molecule has 1 aromatic carbocycles. The van der Waals surface area contributed by atoms with E-state index in [4.69, 9.17) is 12.2 Å². The molecule has 2 aromatic heterocycles. The molecule has 33 heavy (non-hydrogen) atoms. The Kier molecular flexibility index (Phi) is 5.99. The molecule has 0 saturated heterocycles. The molecule has 3 rings (SSSR count). The third kappa shape index (κ3) is 5.32. The fraction of sp³-hybridized carbons (Fsp3) is 0.176. The molecule has 0 radical (unpaired) electrons. The van der Waals surface area contributed by atoms with Gasteiger partial charge in [-0.25, -0.2) is 9.50 Å². The van der Waals surface area contributed by atoms with Crippen LogP contribution in [-0.2, 0) is 18.5 Å². The predicted octanol–water partition coefficient (Wildman–Crippen LogP) is 4.91. The van der Waals surface area contributed by atoms with Gasteiger partial charge in [0.1, 0.15) is 11.3 Å². The zero-order valence-electron chi connectivity index (χ0n) is 15.5. The Labute approximate surface area is 182 Å². The van der Waals surface area contributed by atoms with E-state index in [-0.39, 0.29) is 16.3 Å².